The Morgan fingerprint density at radius 1 is 0.750 bits per heavy atom. The van der Waals surface area contributed by atoms with Crippen molar-refractivity contribution in [2.24, 2.45) is 4.99 Å². The van der Waals surface area contributed by atoms with Crippen LogP contribution in [0.15, 0.2) is 35.3 Å². The van der Waals surface area contributed by atoms with Gasteiger partial charge in [-0.1, -0.05) is 19.9 Å². The van der Waals surface area contributed by atoms with Gasteiger partial charge in [0.15, 0.2) is 23.0 Å². The molecule has 0 saturated carbocycles. The van der Waals surface area contributed by atoms with Gasteiger partial charge in [-0.05, 0) is 68.5 Å². The fourth-order valence-corrected chi connectivity index (χ4v) is 3.67. The van der Waals surface area contributed by atoms with E-state index in [2.05, 4.69) is 38.1 Å². The van der Waals surface area contributed by atoms with Gasteiger partial charge in [-0.25, -0.2) is 0 Å². The van der Waals surface area contributed by atoms with Crippen molar-refractivity contribution >= 4 is 18.1 Å². The summed E-state index contributed by atoms with van der Waals surface area (Å²) in [6, 6.07) is 10.4. The molecule has 32 heavy (non-hydrogen) atoms. The summed E-state index contributed by atoms with van der Waals surface area (Å²) in [6.07, 6.45) is 3.58. The summed E-state index contributed by atoms with van der Waals surface area (Å²) in [5.41, 5.74) is 4.66. The van der Waals surface area contributed by atoms with Gasteiger partial charge in [-0.3, -0.25) is 4.99 Å². The van der Waals surface area contributed by atoms with Crippen molar-refractivity contribution in [1.82, 2.24) is 0 Å². The quantitative estimate of drug-likeness (QED) is 0.384. The van der Waals surface area contributed by atoms with Gasteiger partial charge in [0, 0.05) is 24.2 Å². The number of halogens is 1. The van der Waals surface area contributed by atoms with Gasteiger partial charge in [0.05, 0.1) is 26.4 Å². The maximum absolute atomic E-state index is 5.97. The van der Waals surface area contributed by atoms with Gasteiger partial charge in [-0.15, -0.1) is 12.4 Å². The van der Waals surface area contributed by atoms with Gasteiger partial charge in [0.2, 0.25) is 0 Å². The first-order valence-electron chi connectivity index (χ1n) is 11.5. The van der Waals surface area contributed by atoms with Crippen molar-refractivity contribution in [3.63, 3.8) is 0 Å². The van der Waals surface area contributed by atoms with E-state index in [-0.39, 0.29) is 12.4 Å². The molecule has 1 heterocycles. The van der Waals surface area contributed by atoms with Crippen LogP contribution in [0.5, 0.6) is 23.0 Å². The average molecular weight is 462 g/mol. The summed E-state index contributed by atoms with van der Waals surface area (Å²) in [5.74, 6) is 3.22. The number of nitrogens with zero attached hydrogens (tertiary/aromatic N) is 1. The Bertz CT molecular complexity index is 898. The van der Waals surface area contributed by atoms with E-state index in [9.17, 15) is 0 Å². The third-order valence-corrected chi connectivity index (χ3v) is 5.07. The highest BCUT2D eigenvalue weighted by Gasteiger charge is 2.20. The second-order valence-electron chi connectivity index (χ2n) is 7.56. The molecule has 0 N–H and O–H groups in total. The largest absolute Gasteiger partial charge is 0.490 e. The molecule has 5 nitrogen and oxygen atoms in total. The molecule has 0 aromatic heterocycles. The highest BCUT2D eigenvalue weighted by molar-refractivity contribution is 6.04. The van der Waals surface area contributed by atoms with Crippen LogP contribution in [0.1, 0.15) is 57.2 Å². The van der Waals surface area contributed by atoms with Crippen LogP contribution in [0, 0.1) is 0 Å². The molecule has 0 aliphatic carbocycles. The first-order valence-corrected chi connectivity index (χ1v) is 11.5. The van der Waals surface area contributed by atoms with Crippen molar-refractivity contribution in [2.45, 2.75) is 53.4 Å². The minimum Gasteiger partial charge on any atom is -0.490 e. The standard InChI is InChI=1S/C26H35NO4.ClH/c1-5-13-30-23-10-9-19(16-24(23)31-14-6-2)15-22-21-18-26(29-8-4)25(28-7-3)17-20(21)11-12-27-22;/h9-10,16-18H,5-8,11-15H2,1-4H3;1H. The fraction of sp³-hybridized carbons (Fsp3) is 0.500. The van der Waals surface area contributed by atoms with E-state index in [1.54, 1.807) is 0 Å². The molecule has 0 spiro atoms. The zero-order valence-corrected chi connectivity index (χ0v) is 20.6. The average Bonchev–Trinajstić information content (AvgIpc) is 2.78. The van der Waals surface area contributed by atoms with Crippen LogP contribution < -0.4 is 18.9 Å². The van der Waals surface area contributed by atoms with E-state index in [1.165, 1.54) is 5.56 Å². The molecular weight excluding hydrogens is 426 g/mol. The topological polar surface area (TPSA) is 49.3 Å². The molecule has 176 valence electrons. The van der Waals surface area contributed by atoms with Gasteiger partial charge < -0.3 is 18.9 Å². The Labute approximate surface area is 198 Å². The highest BCUT2D eigenvalue weighted by Crippen LogP contribution is 2.35. The Hall–Kier alpha value is -2.40. The predicted octanol–water partition coefficient (Wildman–Crippen LogP) is 6.07. The van der Waals surface area contributed by atoms with E-state index < -0.39 is 0 Å². The molecule has 0 fully saturated rings. The van der Waals surface area contributed by atoms with Crippen LogP contribution in [-0.2, 0) is 12.8 Å². The molecule has 3 rings (SSSR count). The molecule has 1 aliphatic rings. The van der Waals surface area contributed by atoms with Crippen LogP contribution in [0.4, 0.5) is 0 Å². The maximum atomic E-state index is 5.97. The summed E-state index contributed by atoms with van der Waals surface area (Å²) >= 11 is 0. The molecule has 1 aliphatic heterocycles. The normalized spacial score (nSPS) is 12.3. The van der Waals surface area contributed by atoms with Gasteiger partial charge in [0.1, 0.15) is 0 Å². The minimum atomic E-state index is 0. The van der Waals surface area contributed by atoms with Gasteiger partial charge in [-0.2, -0.15) is 0 Å². The molecule has 0 atom stereocenters. The van der Waals surface area contributed by atoms with Crippen molar-refractivity contribution in [3.05, 3.63) is 47.0 Å². The van der Waals surface area contributed by atoms with Crippen LogP contribution in [-0.4, -0.2) is 38.7 Å². The Morgan fingerprint density at radius 2 is 1.38 bits per heavy atom. The van der Waals surface area contributed by atoms with Crippen LogP contribution in [0.25, 0.3) is 0 Å². The first kappa shape index (κ1) is 25.9. The van der Waals surface area contributed by atoms with Crippen molar-refractivity contribution in [3.8, 4) is 23.0 Å². The molecule has 6 heteroatoms. The number of benzene rings is 2. The van der Waals surface area contributed by atoms with Crippen LogP contribution in [0.2, 0.25) is 0 Å². The zero-order chi connectivity index (χ0) is 22.1. The van der Waals surface area contributed by atoms with E-state index in [0.717, 1.165) is 72.1 Å². The third kappa shape index (κ3) is 6.55. The van der Waals surface area contributed by atoms with Crippen LogP contribution in [0.3, 0.4) is 0 Å². The van der Waals surface area contributed by atoms with Crippen molar-refractivity contribution in [2.75, 3.05) is 33.0 Å². The summed E-state index contributed by atoms with van der Waals surface area (Å²) in [4.78, 5) is 4.86. The molecule has 0 bridgehead atoms. The second-order valence-corrected chi connectivity index (χ2v) is 7.56. The van der Waals surface area contributed by atoms with Gasteiger partial charge >= 0.3 is 0 Å². The SMILES string of the molecule is CCCOc1ccc(CC2=NCCc3cc(OCC)c(OCC)cc32)cc1OCCC.Cl. The third-order valence-electron chi connectivity index (χ3n) is 5.07. The summed E-state index contributed by atoms with van der Waals surface area (Å²) in [7, 11) is 0. The van der Waals surface area contributed by atoms with Crippen LogP contribution >= 0.6 is 12.4 Å². The first-order chi connectivity index (χ1) is 15.2. The Morgan fingerprint density at radius 3 is 2.03 bits per heavy atom. The molecule has 2 aromatic rings. The number of aliphatic imine (C=N–C) groups is 1. The second kappa shape index (κ2) is 13.2. The zero-order valence-electron chi connectivity index (χ0n) is 19.7. The van der Waals surface area contributed by atoms with E-state index in [0.29, 0.717) is 26.4 Å². The maximum Gasteiger partial charge on any atom is 0.161 e. The molecular formula is C26H36ClNO4. The molecule has 0 saturated heterocycles. The van der Waals surface area contributed by atoms with Gasteiger partial charge in [0.25, 0.3) is 0 Å². The summed E-state index contributed by atoms with van der Waals surface area (Å²) < 4.78 is 23.5. The van der Waals surface area contributed by atoms with E-state index >= 15 is 0 Å². The lowest BCUT2D eigenvalue weighted by atomic mass is 9.93. The summed E-state index contributed by atoms with van der Waals surface area (Å²) in [6.45, 7) is 11.6. The Kier molecular flexibility index (Phi) is 10.7. The molecule has 0 radical (unpaired) electrons. The molecule has 2 aromatic carbocycles. The Balaban J connectivity index is 0.00000363. The number of ether oxygens (including phenoxy) is 4. The number of rotatable bonds is 12. The van der Waals surface area contributed by atoms with Crippen molar-refractivity contribution < 1.29 is 18.9 Å². The fourth-order valence-electron chi connectivity index (χ4n) is 3.67. The van der Waals surface area contributed by atoms with E-state index in [1.807, 2.05) is 19.9 Å². The number of hydrogen-bond donors (Lipinski definition) is 0. The lowest BCUT2D eigenvalue weighted by Gasteiger charge is -2.21. The van der Waals surface area contributed by atoms with E-state index in [4.69, 9.17) is 23.9 Å². The lowest BCUT2D eigenvalue weighted by Crippen LogP contribution is -2.16. The lowest BCUT2D eigenvalue weighted by molar-refractivity contribution is 0.268. The predicted molar refractivity (Wildman–Crippen MR) is 133 cm³/mol. The highest BCUT2D eigenvalue weighted by atomic mass is 35.5. The molecule has 0 amide bonds. The summed E-state index contributed by atoms with van der Waals surface area (Å²) in [5, 5.41) is 0. The number of hydrogen-bond acceptors (Lipinski definition) is 5. The molecule has 0 unspecified atom stereocenters. The van der Waals surface area contributed by atoms with Crippen molar-refractivity contribution in [1.29, 1.82) is 0 Å². The number of fused-ring (bicyclic) bond motifs is 1. The minimum absolute atomic E-state index is 0. The smallest absolute Gasteiger partial charge is 0.161 e. The monoisotopic (exact) mass is 461 g/mol.